The molecule has 0 spiro atoms. The van der Waals surface area contributed by atoms with Crippen molar-refractivity contribution in [3.63, 3.8) is 0 Å². The smallest absolute Gasteiger partial charge is 0.313 e. The van der Waals surface area contributed by atoms with E-state index in [0.29, 0.717) is 117 Å². The first-order valence-electron chi connectivity index (χ1n) is 32.3. The average molecular weight is 1510 g/mol. The van der Waals surface area contributed by atoms with Crippen LogP contribution >= 0.6 is 0 Å². The number of carbonyl (C=O) groups excluding carboxylic acids is 5. The third-order valence-corrected chi connectivity index (χ3v) is 13.8. The Hall–Kier alpha value is -7.25. The summed E-state index contributed by atoms with van der Waals surface area (Å²) >= 11 is 0. The maximum Gasteiger partial charge on any atom is 0.313 e. The van der Waals surface area contributed by atoms with Crippen LogP contribution in [0.3, 0.4) is 0 Å². The van der Waals surface area contributed by atoms with Gasteiger partial charge in [0.2, 0.25) is 58.1 Å². The van der Waals surface area contributed by atoms with Crippen molar-refractivity contribution in [2.45, 2.75) is 37.5 Å². The van der Waals surface area contributed by atoms with Gasteiger partial charge in [0.1, 0.15) is 5.54 Å². The summed E-state index contributed by atoms with van der Waals surface area (Å²) in [6.07, 6.45) is -4.17. The molecule has 104 heavy (non-hydrogen) atoms. The fraction of sp³-hybridized carbons (Fsp3) is 0.561. The highest BCUT2D eigenvalue weighted by molar-refractivity contribution is 5.98. The Kier molecular flexibility index (Phi) is 41.6. The van der Waals surface area contributed by atoms with Crippen LogP contribution in [0.15, 0.2) is 42.5 Å². The molecule has 5 rings (SSSR count). The van der Waals surface area contributed by atoms with Gasteiger partial charge in [0, 0.05) is 42.3 Å². The number of halogens is 12. The van der Waals surface area contributed by atoms with E-state index in [1.807, 2.05) is 0 Å². The highest BCUT2D eigenvalue weighted by atomic mass is 19.2. The molecule has 0 saturated heterocycles. The van der Waals surface area contributed by atoms with Gasteiger partial charge >= 0.3 is 17.9 Å². The van der Waals surface area contributed by atoms with Gasteiger partial charge in [-0.25, -0.2) is 26.3 Å². The van der Waals surface area contributed by atoms with Crippen molar-refractivity contribution in [2.24, 2.45) is 0 Å². The van der Waals surface area contributed by atoms with Crippen molar-refractivity contribution < 1.29 is 167 Å². The molecule has 38 heteroatoms. The van der Waals surface area contributed by atoms with E-state index in [2.05, 4.69) is 19.5 Å². The highest BCUT2D eigenvalue weighted by Gasteiger charge is 2.36. The SMILES string of the molecule is O=C(CCOCCOCCOCCOCCOCCOCCOCCOCCOCCOCCOCCOCCN1C(=O)c2ccccc2C1O)NC(COCCC(=O)Oc1c(F)c(F)cc(F)c1F)(COCCC(=O)Oc1c(F)c(F)cc(F)c1F)COCCC(=O)Oc1c(F)c(F)cc(F)c1F. The molecule has 1 heterocycles. The van der Waals surface area contributed by atoms with Crippen LogP contribution in [0.4, 0.5) is 52.7 Å². The van der Waals surface area contributed by atoms with E-state index in [0.717, 1.165) is 0 Å². The minimum Gasteiger partial charge on any atom is -0.420 e. The number of benzene rings is 4. The number of amides is 2. The molecular weight excluding hydrogens is 1430 g/mol. The zero-order chi connectivity index (χ0) is 75.5. The van der Waals surface area contributed by atoms with Crippen LogP contribution in [0.5, 0.6) is 17.2 Å². The lowest BCUT2D eigenvalue weighted by molar-refractivity contribution is -0.138. The number of aliphatic hydroxyl groups is 1. The van der Waals surface area contributed by atoms with Gasteiger partial charge in [-0.3, -0.25) is 24.0 Å². The molecule has 1 unspecified atom stereocenters. The standard InChI is InChI=1S/C66H80F12N2O24/c67-45-37-46(68)56(74)61(55(45)73)102-52(82)6-11-99-40-66(41-100-12-7-53(83)103-62-57(75)47(69)38-48(70)58(62)76,42-101-13-8-54(84)104-63-59(77)49(71)39-50(72)60(63)78)79-51(81)5-10-87-15-17-89-19-21-91-23-25-93-27-29-95-31-33-97-35-36-98-34-32-96-30-28-94-26-24-92-22-20-90-18-16-88-14-9-80-64(85)43-3-1-2-4-44(43)65(80)86/h1-4,37-39,64,85H,5-36,40-42H2,(H,79,81). The van der Waals surface area contributed by atoms with Crippen molar-refractivity contribution >= 4 is 29.7 Å². The molecule has 2 N–H and O–H groups in total. The molecule has 26 nitrogen and oxygen atoms in total. The number of nitrogens with zero attached hydrogens (tertiary/aromatic N) is 1. The summed E-state index contributed by atoms with van der Waals surface area (Å²) in [7, 11) is 0. The summed E-state index contributed by atoms with van der Waals surface area (Å²) in [5.74, 6) is -34.6. The van der Waals surface area contributed by atoms with Gasteiger partial charge in [0.25, 0.3) is 5.91 Å². The zero-order valence-electron chi connectivity index (χ0n) is 56.2. The number of hydrogen-bond acceptors (Lipinski definition) is 24. The van der Waals surface area contributed by atoms with Gasteiger partial charge < -0.3 is 101 Å². The first-order valence-corrected chi connectivity index (χ1v) is 32.3. The number of nitrogens with one attached hydrogen (secondary N) is 1. The molecule has 0 saturated carbocycles. The Balaban J connectivity index is 0.890. The quantitative estimate of drug-likeness (QED) is 0.0162. The fourth-order valence-electron chi connectivity index (χ4n) is 8.70. The predicted molar refractivity (Wildman–Crippen MR) is 330 cm³/mol. The maximum absolute atomic E-state index is 14.2. The average Bonchev–Trinajstić information content (AvgIpc) is 1.61. The second-order valence-corrected chi connectivity index (χ2v) is 21.6. The molecule has 582 valence electrons. The summed E-state index contributed by atoms with van der Waals surface area (Å²) in [5, 5.41) is 12.9. The van der Waals surface area contributed by atoms with Crippen molar-refractivity contribution in [1.82, 2.24) is 10.2 Å². The Labute approximate surface area is 588 Å². The van der Waals surface area contributed by atoms with Gasteiger partial charge in [-0.2, -0.15) is 26.3 Å². The Morgan fingerprint density at radius 3 is 0.885 bits per heavy atom. The normalized spacial score (nSPS) is 12.9. The molecule has 4 aromatic carbocycles. The van der Waals surface area contributed by atoms with Gasteiger partial charge in [-0.05, 0) is 6.07 Å². The molecule has 0 bridgehead atoms. The van der Waals surface area contributed by atoms with E-state index in [4.69, 9.17) is 71.1 Å². The first kappa shape index (κ1) is 87.4. The lowest BCUT2D eigenvalue weighted by atomic mass is 10.0. The molecule has 2 amide bonds. The van der Waals surface area contributed by atoms with Gasteiger partial charge in [-0.15, -0.1) is 0 Å². The van der Waals surface area contributed by atoms with Gasteiger partial charge in [-0.1, -0.05) is 18.2 Å². The number of ether oxygens (including phenoxy) is 18. The van der Waals surface area contributed by atoms with Crippen LogP contribution in [-0.4, -0.2) is 250 Å². The first-order chi connectivity index (χ1) is 50.1. The second-order valence-electron chi connectivity index (χ2n) is 21.6. The summed E-state index contributed by atoms with van der Waals surface area (Å²) < 4.78 is 264. The molecule has 1 aliphatic heterocycles. The van der Waals surface area contributed by atoms with E-state index in [1.165, 1.54) is 4.90 Å². The third-order valence-electron chi connectivity index (χ3n) is 13.8. The molecule has 1 atom stereocenters. The van der Waals surface area contributed by atoms with Crippen LogP contribution < -0.4 is 19.5 Å². The van der Waals surface area contributed by atoms with Crippen LogP contribution in [0.1, 0.15) is 47.8 Å². The van der Waals surface area contributed by atoms with Crippen LogP contribution in [0, 0.1) is 69.8 Å². The summed E-state index contributed by atoms with van der Waals surface area (Å²) in [6.45, 7) is 2.08. The van der Waals surface area contributed by atoms with E-state index in [1.54, 1.807) is 24.3 Å². The third kappa shape index (κ3) is 31.8. The van der Waals surface area contributed by atoms with Crippen molar-refractivity contribution in [3.05, 3.63) is 123 Å². The molecule has 4 aromatic rings. The zero-order valence-corrected chi connectivity index (χ0v) is 56.2. The van der Waals surface area contributed by atoms with E-state index >= 15 is 0 Å². The Morgan fingerprint density at radius 2 is 0.606 bits per heavy atom. The summed E-state index contributed by atoms with van der Waals surface area (Å²) in [4.78, 5) is 64.9. The number of esters is 3. The molecule has 0 aliphatic carbocycles. The number of rotatable bonds is 58. The topological polar surface area (TPSA) is 287 Å². The Bertz CT molecular complexity index is 3000. The number of hydrogen-bond donors (Lipinski definition) is 2. The van der Waals surface area contributed by atoms with Crippen molar-refractivity contribution in [3.8, 4) is 17.2 Å². The van der Waals surface area contributed by atoms with Gasteiger partial charge in [0.15, 0.2) is 41.1 Å². The molecule has 0 radical (unpaired) electrons. The van der Waals surface area contributed by atoms with Crippen molar-refractivity contribution in [1.29, 1.82) is 0 Å². The Morgan fingerprint density at radius 1 is 0.356 bits per heavy atom. The number of carbonyl (C=O) groups is 5. The van der Waals surface area contributed by atoms with Gasteiger partial charge in [0.05, 0.1) is 217 Å². The van der Waals surface area contributed by atoms with E-state index < -0.39 is 188 Å². The second kappa shape index (κ2) is 49.5. The van der Waals surface area contributed by atoms with Crippen molar-refractivity contribution in [2.75, 3.05) is 205 Å². The molecule has 0 fully saturated rings. The minimum absolute atomic E-state index is 0.0268. The number of fused-ring (bicyclic) bond motifs is 1. The summed E-state index contributed by atoms with van der Waals surface area (Å²) in [5.41, 5.74) is -0.944. The highest BCUT2D eigenvalue weighted by Crippen LogP contribution is 2.32. The largest absolute Gasteiger partial charge is 0.420 e. The van der Waals surface area contributed by atoms with Crippen LogP contribution in [0.2, 0.25) is 0 Å². The van der Waals surface area contributed by atoms with Crippen LogP contribution in [-0.2, 0) is 90.2 Å². The predicted octanol–water partition coefficient (Wildman–Crippen LogP) is 6.28. The fourth-order valence-corrected chi connectivity index (χ4v) is 8.70. The van der Waals surface area contributed by atoms with E-state index in [9.17, 15) is 81.8 Å². The van der Waals surface area contributed by atoms with E-state index in [-0.39, 0.29) is 83.5 Å². The molecule has 1 aliphatic rings. The minimum atomic E-state index is -2.06. The summed E-state index contributed by atoms with van der Waals surface area (Å²) in [6, 6.07) is 6.51. The number of aliphatic hydroxyl groups excluding tert-OH is 1. The lowest BCUT2D eigenvalue weighted by Crippen LogP contribution is -2.59. The monoisotopic (exact) mass is 1510 g/mol. The lowest BCUT2D eigenvalue weighted by Gasteiger charge is -2.34. The molecular formula is C66H80F12N2O24. The maximum atomic E-state index is 14.2. The molecule has 0 aromatic heterocycles. The van der Waals surface area contributed by atoms with Crippen LogP contribution in [0.25, 0.3) is 0 Å².